The molecule has 3 unspecified atom stereocenters. The molecule has 0 aliphatic heterocycles. The maximum atomic E-state index is 13.0. The van der Waals surface area contributed by atoms with Crippen molar-refractivity contribution in [1.82, 2.24) is 0 Å². The van der Waals surface area contributed by atoms with Crippen molar-refractivity contribution in [2.24, 2.45) is 17.8 Å². The summed E-state index contributed by atoms with van der Waals surface area (Å²) in [5.41, 5.74) is 0. The van der Waals surface area contributed by atoms with E-state index in [1.54, 1.807) is 0 Å². The third kappa shape index (κ3) is 63.2. The lowest BCUT2D eigenvalue weighted by molar-refractivity contribution is -0.161. The van der Waals surface area contributed by atoms with Gasteiger partial charge < -0.3 is 33.8 Å². The van der Waals surface area contributed by atoms with E-state index in [-0.39, 0.29) is 25.7 Å². The van der Waals surface area contributed by atoms with Gasteiger partial charge >= 0.3 is 39.5 Å². The van der Waals surface area contributed by atoms with Gasteiger partial charge in [0.2, 0.25) is 0 Å². The molecule has 528 valence electrons. The first-order valence-corrected chi connectivity index (χ1v) is 39.4. The molecular weight excluding hydrogens is 1170 g/mol. The Hall–Kier alpha value is -1.94. The third-order valence-electron chi connectivity index (χ3n) is 16.5. The highest BCUT2D eigenvalue weighted by Crippen LogP contribution is 2.45. The van der Waals surface area contributed by atoms with E-state index in [0.29, 0.717) is 25.7 Å². The van der Waals surface area contributed by atoms with Crippen LogP contribution in [0.1, 0.15) is 350 Å². The molecule has 0 aliphatic carbocycles. The van der Waals surface area contributed by atoms with Gasteiger partial charge in [0.05, 0.1) is 26.4 Å². The van der Waals surface area contributed by atoms with Gasteiger partial charge in [-0.3, -0.25) is 37.3 Å². The average molecular weight is 1310 g/mol. The first-order valence-electron chi connectivity index (χ1n) is 36.4. The zero-order chi connectivity index (χ0) is 65.9. The molecule has 0 aliphatic rings. The Morgan fingerprint density at radius 3 is 0.854 bits per heavy atom. The predicted octanol–water partition coefficient (Wildman–Crippen LogP) is 19.8. The summed E-state index contributed by atoms with van der Waals surface area (Å²) in [7, 11) is -9.90. The second-order valence-electron chi connectivity index (χ2n) is 26.5. The molecule has 0 heterocycles. The van der Waals surface area contributed by atoms with Crippen LogP contribution in [0.15, 0.2) is 0 Å². The fourth-order valence-electron chi connectivity index (χ4n) is 10.5. The molecule has 19 heteroatoms. The minimum atomic E-state index is -4.95. The molecule has 0 aromatic heterocycles. The SMILES string of the molecule is CCCCCCCCCCC(=O)OC[C@H](COP(=O)(O)OC[C@H](O)COP(=O)(O)OC[C@@H](COC(=O)CCCCCCCCCCCC(C)C)OC(=O)CCCCCCCCCCCCCCCCC(C)CC)OC(=O)CCCCCCCCCCC(C)C. The Bertz CT molecular complexity index is 1750. The van der Waals surface area contributed by atoms with E-state index >= 15 is 0 Å². The van der Waals surface area contributed by atoms with Crippen molar-refractivity contribution in [2.45, 2.75) is 369 Å². The van der Waals surface area contributed by atoms with Crippen molar-refractivity contribution >= 4 is 39.5 Å². The topological polar surface area (TPSA) is 237 Å². The van der Waals surface area contributed by atoms with Crippen LogP contribution in [0.3, 0.4) is 0 Å². The monoisotopic (exact) mass is 1310 g/mol. The second-order valence-corrected chi connectivity index (χ2v) is 29.4. The smallest absolute Gasteiger partial charge is 0.462 e. The van der Waals surface area contributed by atoms with Crippen LogP contribution in [-0.4, -0.2) is 96.7 Å². The van der Waals surface area contributed by atoms with Crippen molar-refractivity contribution in [3.63, 3.8) is 0 Å². The molecule has 0 saturated heterocycles. The Morgan fingerprint density at radius 2 is 0.573 bits per heavy atom. The maximum absolute atomic E-state index is 13.0. The van der Waals surface area contributed by atoms with Crippen LogP contribution in [-0.2, 0) is 65.4 Å². The van der Waals surface area contributed by atoms with Crippen LogP contribution in [0.4, 0.5) is 0 Å². The molecule has 0 saturated carbocycles. The first kappa shape index (κ1) is 87.1. The Kier molecular flexibility index (Phi) is 59.6. The Morgan fingerprint density at radius 1 is 0.326 bits per heavy atom. The van der Waals surface area contributed by atoms with Gasteiger partial charge in [0.25, 0.3) is 0 Å². The summed E-state index contributed by atoms with van der Waals surface area (Å²) in [4.78, 5) is 72.4. The van der Waals surface area contributed by atoms with Crippen molar-refractivity contribution in [3.05, 3.63) is 0 Å². The highest BCUT2D eigenvalue weighted by Gasteiger charge is 2.30. The molecule has 0 rings (SSSR count). The third-order valence-corrected chi connectivity index (χ3v) is 18.4. The highest BCUT2D eigenvalue weighted by molar-refractivity contribution is 7.47. The van der Waals surface area contributed by atoms with Crippen molar-refractivity contribution in [1.29, 1.82) is 0 Å². The summed E-state index contributed by atoms with van der Waals surface area (Å²) < 4.78 is 68.2. The first-order chi connectivity index (χ1) is 42.8. The quantitative estimate of drug-likeness (QED) is 0.0222. The fraction of sp³-hybridized carbons (Fsp3) is 0.943. The predicted molar refractivity (Wildman–Crippen MR) is 358 cm³/mol. The minimum Gasteiger partial charge on any atom is -0.462 e. The van der Waals surface area contributed by atoms with E-state index in [1.165, 1.54) is 154 Å². The summed E-state index contributed by atoms with van der Waals surface area (Å²) in [6, 6.07) is 0. The highest BCUT2D eigenvalue weighted by atomic mass is 31.2. The van der Waals surface area contributed by atoms with Gasteiger partial charge in [-0.1, -0.05) is 299 Å². The summed E-state index contributed by atoms with van der Waals surface area (Å²) in [6.45, 7) is 11.8. The van der Waals surface area contributed by atoms with E-state index in [2.05, 4.69) is 48.5 Å². The van der Waals surface area contributed by atoms with Crippen LogP contribution in [0.5, 0.6) is 0 Å². The average Bonchev–Trinajstić information content (AvgIpc) is 3.71. The standard InChI is InChI=1S/C70H136O17P2/c1-8-10-11-12-13-30-37-44-51-67(72)80-57-65(87-70(75)54-47-40-33-26-25-28-35-42-49-62(5)6)59-84-88(76,77)82-55-64(71)56-83-89(78,79)85-60-66(58-81-68(73)52-45-38-31-24-20-21-27-34-41-48-61(3)4)86-69(74)53-46-39-32-23-19-17-15-14-16-18-22-29-36-43-50-63(7)9-2/h61-66,71H,8-60H2,1-7H3,(H,76,77)(H,78,79)/t63?,64-,65+,66+/m0/s1. The van der Waals surface area contributed by atoms with Gasteiger partial charge in [-0.05, 0) is 43.4 Å². The molecule has 0 bridgehead atoms. The lowest BCUT2D eigenvalue weighted by Gasteiger charge is -2.21. The molecule has 0 spiro atoms. The molecule has 6 atom stereocenters. The number of unbranched alkanes of at least 4 members (excludes halogenated alkanes) is 35. The van der Waals surface area contributed by atoms with E-state index in [9.17, 15) is 43.2 Å². The number of carbonyl (C=O) groups is 4. The van der Waals surface area contributed by atoms with Gasteiger partial charge in [0.1, 0.15) is 19.3 Å². The fourth-order valence-corrected chi connectivity index (χ4v) is 12.1. The zero-order valence-corrected chi connectivity index (χ0v) is 59.7. The number of ether oxygens (including phenoxy) is 4. The summed E-state index contributed by atoms with van der Waals surface area (Å²) >= 11 is 0. The van der Waals surface area contributed by atoms with E-state index < -0.39 is 97.5 Å². The molecular formula is C70H136O17P2. The van der Waals surface area contributed by atoms with Gasteiger partial charge in [-0.15, -0.1) is 0 Å². The number of phosphoric acid groups is 2. The van der Waals surface area contributed by atoms with Crippen LogP contribution in [0.2, 0.25) is 0 Å². The number of aliphatic hydroxyl groups excluding tert-OH is 1. The molecule has 89 heavy (non-hydrogen) atoms. The Balaban J connectivity index is 5.21. The van der Waals surface area contributed by atoms with Gasteiger partial charge in [-0.2, -0.15) is 0 Å². The number of carbonyl (C=O) groups excluding carboxylic acids is 4. The van der Waals surface area contributed by atoms with Crippen LogP contribution < -0.4 is 0 Å². The van der Waals surface area contributed by atoms with Gasteiger partial charge in [0.15, 0.2) is 12.2 Å². The van der Waals surface area contributed by atoms with Crippen molar-refractivity contribution in [3.8, 4) is 0 Å². The van der Waals surface area contributed by atoms with Gasteiger partial charge in [0, 0.05) is 25.7 Å². The number of phosphoric ester groups is 2. The number of aliphatic hydroxyl groups is 1. The summed E-state index contributed by atoms with van der Waals surface area (Å²) in [5, 5.41) is 10.6. The Labute approximate surface area is 543 Å². The normalized spacial score (nSPS) is 14.5. The molecule has 0 fully saturated rings. The molecule has 17 nitrogen and oxygen atoms in total. The van der Waals surface area contributed by atoms with Gasteiger partial charge in [-0.25, -0.2) is 9.13 Å². The van der Waals surface area contributed by atoms with Crippen molar-refractivity contribution < 1.29 is 80.2 Å². The molecule has 0 amide bonds. The summed E-state index contributed by atoms with van der Waals surface area (Å²) in [6.07, 6.45) is 44.5. The number of esters is 4. The van der Waals surface area contributed by atoms with Crippen LogP contribution in [0, 0.1) is 17.8 Å². The van der Waals surface area contributed by atoms with E-state index in [4.69, 9.17) is 37.0 Å². The molecule has 0 radical (unpaired) electrons. The maximum Gasteiger partial charge on any atom is 0.472 e. The van der Waals surface area contributed by atoms with Crippen LogP contribution >= 0.6 is 15.6 Å². The second kappa shape index (κ2) is 61.0. The van der Waals surface area contributed by atoms with Crippen molar-refractivity contribution in [2.75, 3.05) is 39.6 Å². The largest absolute Gasteiger partial charge is 0.472 e. The lowest BCUT2D eigenvalue weighted by atomic mass is 9.99. The molecule has 0 aromatic rings. The number of hydrogen-bond acceptors (Lipinski definition) is 15. The minimum absolute atomic E-state index is 0.104. The number of rotatable bonds is 68. The lowest BCUT2D eigenvalue weighted by Crippen LogP contribution is -2.30. The van der Waals surface area contributed by atoms with Crippen LogP contribution in [0.25, 0.3) is 0 Å². The molecule has 3 N–H and O–H groups in total. The van der Waals surface area contributed by atoms with E-state index in [0.717, 1.165) is 114 Å². The molecule has 0 aromatic carbocycles. The van der Waals surface area contributed by atoms with E-state index in [1.807, 2.05) is 0 Å². The summed E-state index contributed by atoms with van der Waals surface area (Å²) in [5.74, 6) is 0.178. The zero-order valence-electron chi connectivity index (χ0n) is 57.9. The number of hydrogen-bond donors (Lipinski definition) is 3.